The van der Waals surface area contributed by atoms with E-state index in [9.17, 15) is 9.18 Å². The molecule has 1 aromatic rings. The molecule has 0 aromatic heterocycles. The molecule has 0 spiro atoms. The maximum atomic E-state index is 12.9. The summed E-state index contributed by atoms with van der Waals surface area (Å²) in [5, 5.41) is 0. The fourth-order valence-electron chi connectivity index (χ4n) is 1.95. The monoisotopic (exact) mass is 300 g/mol. The Balaban J connectivity index is 2.03. The minimum atomic E-state index is -0.309. The van der Waals surface area contributed by atoms with Crippen LogP contribution in [0.3, 0.4) is 0 Å². The van der Waals surface area contributed by atoms with E-state index in [1.165, 1.54) is 12.1 Å². The second kappa shape index (κ2) is 5.14. The van der Waals surface area contributed by atoms with Crippen LogP contribution in [0.25, 0.3) is 0 Å². The molecule has 1 aliphatic rings. The SMILES string of the molecule is NC1CCN(C(=O)Cc2ccc(F)cc2Br)C1. The fourth-order valence-corrected chi connectivity index (χ4v) is 2.44. The van der Waals surface area contributed by atoms with E-state index in [2.05, 4.69) is 15.9 Å². The van der Waals surface area contributed by atoms with Crippen molar-refractivity contribution in [2.75, 3.05) is 13.1 Å². The van der Waals surface area contributed by atoms with Gasteiger partial charge in [-0.25, -0.2) is 4.39 Å². The number of rotatable bonds is 2. The fraction of sp³-hybridized carbons (Fsp3) is 0.417. The Morgan fingerprint density at radius 2 is 2.35 bits per heavy atom. The third kappa shape index (κ3) is 3.04. The van der Waals surface area contributed by atoms with Crippen molar-refractivity contribution in [3.63, 3.8) is 0 Å². The summed E-state index contributed by atoms with van der Waals surface area (Å²) in [6.07, 6.45) is 1.14. The van der Waals surface area contributed by atoms with Gasteiger partial charge in [-0.1, -0.05) is 22.0 Å². The molecule has 1 fully saturated rings. The van der Waals surface area contributed by atoms with Gasteiger partial charge in [0.15, 0.2) is 0 Å². The van der Waals surface area contributed by atoms with Crippen molar-refractivity contribution in [2.24, 2.45) is 5.73 Å². The number of hydrogen-bond acceptors (Lipinski definition) is 2. The lowest BCUT2D eigenvalue weighted by Crippen LogP contribution is -2.33. The first kappa shape index (κ1) is 12.5. The van der Waals surface area contributed by atoms with E-state index in [1.807, 2.05) is 0 Å². The minimum Gasteiger partial charge on any atom is -0.341 e. The second-order valence-electron chi connectivity index (χ2n) is 4.30. The number of benzene rings is 1. The molecule has 0 saturated carbocycles. The third-order valence-electron chi connectivity index (χ3n) is 2.93. The minimum absolute atomic E-state index is 0.0465. The van der Waals surface area contributed by atoms with Gasteiger partial charge in [0.05, 0.1) is 6.42 Å². The molecule has 5 heteroatoms. The molecular formula is C12H14BrFN2O. The van der Waals surface area contributed by atoms with Crippen molar-refractivity contribution in [1.82, 2.24) is 4.90 Å². The van der Waals surface area contributed by atoms with Gasteiger partial charge in [0, 0.05) is 23.6 Å². The zero-order valence-electron chi connectivity index (χ0n) is 9.33. The lowest BCUT2D eigenvalue weighted by atomic mass is 10.1. The molecule has 3 nitrogen and oxygen atoms in total. The van der Waals surface area contributed by atoms with Crippen LogP contribution in [0.1, 0.15) is 12.0 Å². The third-order valence-corrected chi connectivity index (χ3v) is 3.67. The van der Waals surface area contributed by atoms with Gasteiger partial charge in [-0.2, -0.15) is 0 Å². The first-order valence-corrected chi connectivity index (χ1v) is 6.33. The molecule has 2 rings (SSSR count). The van der Waals surface area contributed by atoms with Crippen LogP contribution < -0.4 is 5.73 Å². The number of nitrogens with zero attached hydrogens (tertiary/aromatic N) is 1. The summed E-state index contributed by atoms with van der Waals surface area (Å²) in [5.74, 6) is -0.262. The molecule has 1 atom stereocenters. The molecular weight excluding hydrogens is 287 g/mol. The molecule has 1 aromatic carbocycles. The predicted octanol–water partition coefficient (Wildman–Crippen LogP) is 1.69. The molecule has 1 unspecified atom stereocenters. The van der Waals surface area contributed by atoms with Crippen LogP contribution in [0, 0.1) is 5.82 Å². The van der Waals surface area contributed by atoms with Crippen LogP contribution in [0.5, 0.6) is 0 Å². The van der Waals surface area contributed by atoms with Crippen LogP contribution in [-0.2, 0) is 11.2 Å². The average molecular weight is 301 g/mol. The van der Waals surface area contributed by atoms with Gasteiger partial charge in [0.25, 0.3) is 0 Å². The van der Waals surface area contributed by atoms with Gasteiger partial charge in [0.2, 0.25) is 5.91 Å². The van der Waals surface area contributed by atoms with Crippen molar-refractivity contribution >= 4 is 21.8 Å². The van der Waals surface area contributed by atoms with Crippen molar-refractivity contribution in [3.05, 3.63) is 34.1 Å². The summed E-state index contributed by atoms with van der Waals surface area (Å²) < 4.78 is 13.5. The topological polar surface area (TPSA) is 46.3 Å². The Morgan fingerprint density at radius 3 is 2.94 bits per heavy atom. The van der Waals surface area contributed by atoms with Crippen LogP contribution in [0.4, 0.5) is 4.39 Å². The van der Waals surface area contributed by atoms with Crippen molar-refractivity contribution in [3.8, 4) is 0 Å². The highest BCUT2D eigenvalue weighted by Crippen LogP contribution is 2.20. The van der Waals surface area contributed by atoms with Crippen molar-refractivity contribution in [2.45, 2.75) is 18.9 Å². The highest BCUT2D eigenvalue weighted by Gasteiger charge is 2.23. The van der Waals surface area contributed by atoms with E-state index in [1.54, 1.807) is 11.0 Å². The maximum absolute atomic E-state index is 12.9. The standard InChI is InChI=1S/C12H14BrFN2O/c13-11-6-9(14)2-1-8(11)5-12(17)16-4-3-10(15)7-16/h1-2,6,10H,3-5,7,15H2. The zero-order valence-corrected chi connectivity index (χ0v) is 10.9. The largest absolute Gasteiger partial charge is 0.341 e. The Kier molecular flexibility index (Phi) is 3.79. The van der Waals surface area contributed by atoms with E-state index in [0.29, 0.717) is 11.0 Å². The summed E-state index contributed by atoms with van der Waals surface area (Å²) in [4.78, 5) is 13.7. The summed E-state index contributed by atoms with van der Waals surface area (Å²) >= 11 is 3.26. The maximum Gasteiger partial charge on any atom is 0.227 e. The van der Waals surface area contributed by atoms with Gasteiger partial charge in [-0.15, -0.1) is 0 Å². The van der Waals surface area contributed by atoms with Crippen LogP contribution in [0.15, 0.2) is 22.7 Å². The second-order valence-corrected chi connectivity index (χ2v) is 5.16. The molecule has 1 aliphatic heterocycles. The number of nitrogens with two attached hydrogens (primary N) is 1. The van der Waals surface area contributed by atoms with Crippen LogP contribution in [0.2, 0.25) is 0 Å². The zero-order chi connectivity index (χ0) is 12.4. The Bertz CT molecular complexity index is 439. The normalized spacial score (nSPS) is 19.7. The molecule has 2 N–H and O–H groups in total. The molecule has 1 amide bonds. The molecule has 0 aliphatic carbocycles. The van der Waals surface area contributed by atoms with Gasteiger partial charge >= 0.3 is 0 Å². The average Bonchev–Trinajstić information content (AvgIpc) is 2.69. The molecule has 17 heavy (non-hydrogen) atoms. The summed E-state index contributed by atoms with van der Waals surface area (Å²) in [7, 11) is 0. The molecule has 0 radical (unpaired) electrons. The molecule has 1 saturated heterocycles. The quantitative estimate of drug-likeness (QED) is 0.903. The van der Waals surface area contributed by atoms with E-state index in [4.69, 9.17) is 5.73 Å². The Morgan fingerprint density at radius 1 is 1.59 bits per heavy atom. The summed E-state index contributed by atoms with van der Waals surface area (Å²) in [6, 6.07) is 4.46. The van der Waals surface area contributed by atoms with Gasteiger partial charge in [-0.05, 0) is 24.1 Å². The van der Waals surface area contributed by atoms with E-state index < -0.39 is 0 Å². The highest BCUT2D eigenvalue weighted by molar-refractivity contribution is 9.10. The predicted molar refractivity (Wildman–Crippen MR) is 67.0 cm³/mol. The highest BCUT2D eigenvalue weighted by atomic mass is 79.9. The Labute approximate surface area is 108 Å². The van der Waals surface area contributed by atoms with Gasteiger partial charge < -0.3 is 10.6 Å². The van der Waals surface area contributed by atoms with Crippen molar-refractivity contribution < 1.29 is 9.18 Å². The number of amides is 1. The smallest absolute Gasteiger partial charge is 0.227 e. The van der Waals surface area contributed by atoms with Gasteiger partial charge in [-0.3, -0.25) is 4.79 Å². The molecule has 92 valence electrons. The van der Waals surface area contributed by atoms with E-state index >= 15 is 0 Å². The van der Waals surface area contributed by atoms with Crippen molar-refractivity contribution in [1.29, 1.82) is 0 Å². The van der Waals surface area contributed by atoms with Crippen LogP contribution >= 0.6 is 15.9 Å². The number of hydrogen-bond donors (Lipinski definition) is 1. The Hall–Kier alpha value is -0.940. The first-order chi connectivity index (χ1) is 8.06. The number of carbonyl (C=O) groups excluding carboxylic acids is 1. The summed E-state index contributed by atoms with van der Waals surface area (Å²) in [6.45, 7) is 1.34. The number of halogens is 2. The van der Waals surface area contributed by atoms with E-state index in [-0.39, 0.29) is 24.2 Å². The summed E-state index contributed by atoms with van der Waals surface area (Å²) in [5.41, 5.74) is 6.56. The first-order valence-electron chi connectivity index (χ1n) is 5.53. The number of likely N-dealkylation sites (tertiary alicyclic amines) is 1. The van der Waals surface area contributed by atoms with E-state index in [0.717, 1.165) is 18.5 Å². The number of carbonyl (C=O) groups is 1. The molecule has 0 bridgehead atoms. The van der Waals surface area contributed by atoms with Gasteiger partial charge in [0.1, 0.15) is 5.82 Å². The lowest BCUT2D eigenvalue weighted by molar-refractivity contribution is -0.129. The van der Waals surface area contributed by atoms with Crippen LogP contribution in [-0.4, -0.2) is 29.9 Å². The molecule has 1 heterocycles. The lowest BCUT2D eigenvalue weighted by Gasteiger charge is -2.16.